The van der Waals surface area contributed by atoms with Crippen molar-refractivity contribution in [3.63, 3.8) is 0 Å². The summed E-state index contributed by atoms with van der Waals surface area (Å²) in [5, 5.41) is 20.5. The Bertz CT molecular complexity index is 1970. The number of methoxy groups -OCH3 is 1. The molecule has 7 rings (SSSR count). The van der Waals surface area contributed by atoms with Gasteiger partial charge in [-0.1, -0.05) is 77.9 Å². The number of benzene rings is 3. The number of phenols is 1. The Morgan fingerprint density at radius 1 is 0.980 bits per heavy atom. The van der Waals surface area contributed by atoms with Crippen molar-refractivity contribution in [2.75, 3.05) is 19.1 Å². The van der Waals surface area contributed by atoms with Crippen LogP contribution in [0, 0.1) is 36.5 Å². The molecular formula is C40H39N3O8. The molecule has 0 bridgehead atoms. The second kappa shape index (κ2) is 13.2. The predicted molar refractivity (Wildman–Crippen MR) is 187 cm³/mol. The van der Waals surface area contributed by atoms with E-state index in [2.05, 4.69) is 5.43 Å². The lowest BCUT2D eigenvalue weighted by atomic mass is 9.50. The minimum Gasteiger partial charge on any atom is -0.504 e. The van der Waals surface area contributed by atoms with Gasteiger partial charge in [-0.2, -0.15) is 5.01 Å². The maximum Gasteiger partial charge on any atom is 0.303 e. The lowest BCUT2D eigenvalue weighted by Crippen LogP contribution is -2.54. The Labute approximate surface area is 295 Å². The number of phenolic OH excluding ortho intramolecular Hbond substituents is 1. The third-order valence-electron chi connectivity index (χ3n) is 11.0. The van der Waals surface area contributed by atoms with Crippen LogP contribution in [0.3, 0.4) is 0 Å². The molecule has 11 heteroatoms. The quantitative estimate of drug-likeness (QED) is 0.195. The summed E-state index contributed by atoms with van der Waals surface area (Å²) in [4.78, 5) is 69.9. The van der Waals surface area contributed by atoms with E-state index < -0.39 is 52.8 Å². The molecule has 0 aromatic heterocycles. The summed E-state index contributed by atoms with van der Waals surface area (Å²) in [6, 6.07) is 21.5. The number of carboxylic acid groups (broad SMARTS) is 1. The molecule has 6 unspecified atom stereocenters. The molecule has 2 aliphatic heterocycles. The molecule has 0 spiro atoms. The van der Waals surface area contributed by atoms with Crippen molar-refractivity contribution < 1.29 is 38.9 Å². The number of hydrogen-bond donors (Lipinski definition) is 3. The highest BCUT2D eigenvalue weighted by Gasteiger charge is 2.69. The van der Waals surface area contributed by atoms with Crippen LogP contribution in [0.2, 0.25) is 0 Å². The number of nitrogens with zero attached hydrogens (tertiary/aromatic N) is 2. The summed E-state index contributed by atoms with van der Waals surface area (Å²) in [6.45, 7) is 1.95. The van der Waals surface area contributed by atoms with Crippen LogP contribution in [0.1, 0.15) is 42.4 Å². The topological polar surface area (TPSA) is 154 Å². The van der Waals surface area contributed by atoms with Gasteiger partial charge in [0.1, 0.15) is 0 Å². The Balaban J connectivity index is 1.37. The largest absolute Gasteiger partial charge is 0.504 e. The normalized spacial score (nSPS) is 26.9. The summed E-state index contributed by atoms with van der Waals surface area (Å²) in [7, 11) is 1.45. The molecular weight excluding hydrogens is 650 g/mol. The summed E-state index contributed by atoms with van der Waals surface area (Å²) in [5.74, 6) is -5.80. The van der Waals surface area contributed by atoms with Crippen LogP contribution < -0.4 is 10.2 Å². The molecule has 2 saturated heterocycles. The number of aliphatic carboxylic acids is 1. The lowest BCUT2D eigenvalue weighted by molar-refractivity contribution is -0.142. The van der Waals surface area contributed by atoms with Gasteiger partial charge in [-0.3, -0.25) is 34.3 Å². The molecule has 11 nitrogen and oxygen atoms in total. The number of amides is 4. The molecule has 2 aliphatic carbocycles. The Morgan fingerprint density at radius 3 is 2.43 bits per heavy atom. The maximum atomic E-state index is 15.1. The molecule has 3 aromatic carbocycles. The zero-order valence-electron chi connectivity index (χ0n) is 28.3. The molecule has 3 fully saturated rings. The SMILES string of the molecule is COc1cc(C=CC2C3=CCC4C(=O)N(CCCC(=O)O)C(=O)C4C3CC3C(=O)N(Nc4ccc(C)cc4)C(=O)C23c2ccccc2)ccc1O. The van der Waals surface area contributed by atoms with Crippen molar-refractivity contribution in [3.8, 4) is 11.5 Å². The van der Waals surface area contributed by atoms with Crippen LogP contribution in [0.4, 0.5) is 5.69 Å². The molecule has 0 radical (unpaired) electrons. The fraction of sp³-hybridized carbons (Fsp3) is 0.325. The van der Waals surface area contributed by atoms with Gasteiger partial charge in [0.15, 0.2) is 11.5 Å². The molecule has 51 heavy (non-hydrogen) atoms. The number of hydrazine groups is 1. The highest BCUT2D eigenvalue weighted by Crippen LogP contribution is 2.61. The average molecular weight is 690 g/mol. The first-order valence-electron chi connectivity index (χ1n) is 17.2. The standard InChI is InChI=1S/C40H39N3O8/c1-23-10-14-26(15-11-23)41-43-37(48)31-22-29-27(16-17-28-35(29)38(49)42(36(28)47)20-6-9-34(45)46)30(18-12-24-13-19-32(44)33(21-24)51-2)40(31,39(43)50)25-7-4-3-5-8-25/h3-5,7-8,10-16,18-19,21,28-31,35,41,44H,6,9,17,20,22H2,1-2H3,(H,45,46). The number of imide groups is 2. The van der Waals surface area contributed by atoms with E-state index in [-0.39, 0.29) is 55.5 Å². The molecule has 2 heterocycles. The molecule has 3 aromatic rings. The summed E-state index contributed by atoms with van der Waals surface area (Å²) in [6.07, 6.45) is 6.11. The number of anilines is 1. The van der Waals surface area contributed by atoms with E-state index in [9.17, 15) is 29.4 Å². The van der Waals surface area contributed by atoms with E-state index in [1.165, 1.54) is 18.1 Å². The van der Waals surface area contributed by atoms with Gasteiger partial charge < -0.3 is 14.9 Å². The first-order chi connectivity index (χ1) is 24.6. The van der Waals surface area contributed by atoms with E-state index in [1.54, 1.807) is 24.3 Å². The number of rotatable bonds is 10. The van der Waals surface area contributed by atoms with E-state index in [4.69, 9.17) is 4.74 Å². The minimum atomic E-state index is -1.39. The van der Waals surface area contributed by atoms with Crippen molar-refractivity contribution in [1.82, 2.24) is 9.91 Å². The number of aryl methyl sites for hydroxylation is 1. The van der Waals surface area contributed by atoms with Crippen LogP contribution in [-0.2, 0) is 29.4 Å². The number of carboxylic acids is 1. The van der Waals surface area contributed by atoms with Gasteiger partial charge in [0, 0.05) is 18.9 Å². The molecule has 1 saturated carbocycles. The molecule has 262 valence electrons. The van der Waals surface area contributed by atoms with Crippen molar-refractivity contribution in [2.45, 2.75) is 38.0 Å². The summed E-state index contributed by atoms with van der Waals surface area (Å²) >= 11 is 0. The summed E-state index contributed by atoms with van der Waals surface area (Å²) in [5.41, 5.74) is 5.43. The number of nitrogens with one attached hydrogen (secondary N) is 1. The summed E-state index contributed by atoms with van der Waals surface area (Å²) < 4.78 is 5.34. The monoisotopic (exact) mass is 689 g/mol. The lowest BCUT2D eigenvalue weighted by Gasteiger charge is -2.49. The van der Waals surface area contributed by atoms with Crippen LogP contribution in [0.25, 0.3) is 6.08 Å². The minimum absolute atomic E-state index is 0.00802. The number of ether oxygens (including phenoxy) is 1. The van der Waals surface area contributed by atoms with Crippen molar-refractivity contribution in [2.24, 2.45) is 29.6 Å². The third-order valence-corrected chi connectivity index (χ3v) is 11.0. The molecule has 4 aliphatic rings. The van der Waals surface area contributed by atoms with Crippen molar-refractivity contribution >= 4 is 41.4 Å². The first kappa shape index (κ1) is 33.8. The first-order valence-corrected chi connectivity index (χ1v) is 17.2. The average Bonchev–Trinajstić information content (AvgIpc) is 3.50. The Hall–Kier alpha value is -5.71. The van der Waals surface area contributed by atoms with Gasteiger partial charge in [0.05, 0.1) is 36.0 Å². The van der Waals surface area contributed by atoms with Crippen molar-refractivity contribution in [1.29, 1.82) is 0 Å². The number of allylic oxidation sites excluding steroid dienone is 3. The van der Waals surface area contributed by atoms with Gasteiger partial charge in [-0.25, -0.2) is 0 Å². The number of carbonyl (C=O) groups is 5. The van der Waals surface area contributed by atoms with Gasteiger partial charge in [0.25, 0.3) is 11.8 Å². The maximum absolute atomic E-state index is 15.1. The number of hydrogen-bond acceptors (Lipinski definition) is 8. The highest BCUT2D eigenvalue weighted by molar-refractivity contribution is 6.13. The number of aromatic hydroxyl groups is 1. The van der Waals surface area contributed by atoms with E-state index in [0.29, 0.717) is 16.8 Å². The Kier molecular flexibility index (Phi) is 8.74. The highest BCUT2D eigenvalue weighted by atomic mass is 16.5. The van der Waals surface area contributed by atoms with Crippen LogP contribution in [-0.4, -0.2) is 63.4 Å². The fourth-order valence-corrected chi connectivity index (χ4v) is 8.67. The smallest absolute Gasteiger partial charge is 0.303 e. The van der Waals surface area contributed by atoms with E-state index in [1.807, 2.05) is 67.6 Å². The number of likely N-dealkylation sites (tertiary alicyclic amines) is 1. The van der Waals surface area contributed by atoms with Crippen LogP contribution in [0.15, 0.2) is 90.5 Å². The van der Waals surface area contributed by atoms with Crippen molar-refractivity contribution in [3.05, 3.63) is 107 Å². The van der Waals surface area contributed by atoms with E-state index in [0.717, 1.165) is 16.1 Å². The van der Waals surface area contributed by atoms with Crippen LogP contribution in [0.5, 0.6) is 11.5 Å². The molecule has 4 amide bonds. The molecule has 6 atom stereocenters. The number of fused-ring (bicyclic) bond motifs is 4. The van der Waals surface area contributed by atoms with Gasteiger partial charge >= 0.3 is 5.97 Å². The second-order valence-electron chi connectivity index (χ2n) is 13.8. The second-order valence-corrected chi connectivity index (χ2v) is 13.8. The number of carbonyl (C=O) groups excluding carboxylic acids is 4. The fourth-order valence-electron chi connectivity index (χ4n) is 8.67. The Morgan fingerprint density at radius 2 is 1.73 bits per heavy atom. The third kappa shape index (κ3) is 5.57. The van der Waals surface area contributed by atoms with Gasteiger partial charge in [-0.15, -0.1) is 0 Å². The van der Waals surface area contributed by atoms with Gasteiger partial charge in [0.2, 0.25) is 11.8 Å². The van der Waals surface area contributed by atoms with Gasteiger partial charge in [-0.05, 0) is 67.5 Å². The van der Waals surface area contributed by atoms with Crippen LogP contribution >= 0.6 is 0 Å². The molecule has 3 N–H and O–H groups in total. The zero-order valence-corrected chi connectivity index (χ0v) is 28.3. The van der Waals surface area contributed by atoms with E-state index >= 15 is 4.79 Å². The zero-order chi connectivity index (χ0) is 36.0. The predicted octanol–water partition coefficient (Wildman–Crippen LogP) is 5.10.